The third kappa shape index (κ3) is 1.95. The van der Waals surface area contributed by atoms with Crippen molar-refractivity contribution in [3.05, 3.63) is 60.2 Å². The molecule has 1 heterocycles. The van der Waals surface area contributed by atoms with Crippen molar-refractivity contribution < 1.29 is 14.3 Å². The fourth-order valence-corrected chi connectivity index (χ4v) is 1.94. The lowest BCUT2D eigenvalue weighted by molar-refractivity contribution is -0.255. The summed E-state index contributed by atoms with van der Waals surface area (Å²) in [7, 11) is 0. The van der Waals surface area contributed by atoms with Crippen LogP contribution in [-0.2, 0) is 0 Å². The Labute approximate surface area is 107 Å². The standard InChI is InChI=1S/C14H9FN2O2/c15-10-2-4-11(5-3-10)17-8-16-12-6-1-9(14(18)19)7-13(12)17/h1-8H,(H,18,19)/p-1. The number of fused-ring (bicyclic) bond motifs is 1. The lowest BCUT2D eigenvalue weighted by Crippen LogP contribution is -2.22. The summed E-state index contributed by atoms with van der Waals surface area (Å²) in [5.41, 5.74) is 2.08. The van der Waals surface area contributed by atoms with Gasteiger partial charge in [-0.3, -0.25) is 4.57 Å². The molecule has 0 spiro atoms. The van der Waals surface area contributed by atoms with E-state index in [1.807, 2.05) is 0 Å². The van der Waals surface area contributed by atoms with Gasteiger partial charge < -0.3 is 9.90 Å². The molecule has 0 aliphatic carbocycles. The lowest BCUT2D eigenvalue weighted by atomic mass is 10.2. The monoisotopic (exact) mass is 255 g/mol. The number of nitrogens with zero attached hydrogens (tertiary/aromatic N) is 2. The number of aromatic carboxylic acids is 1. The summed E-state index contributed by atoms with van der Waals surface area (Å²) < 4.78 is 14.6. The van der Waals surface area contributed by atoms with E-state index in [-0.39, 0.29) is 11.4 Å². The van der Waals surface area contributed by atoms with E-state index in [1.54, 1.807) is 29.1 Å². The van der Waals surface area contributed by atoms with Gasteiger partial charge in [-0.25, -0.2) is 9.37 Å². The molecule has 0 saturated heterocycles. The summed E-state index contributed by atoms with van der Waals surface area (Å²) in [4.78, 5) is 15.0. The minimum Gasteiger partial charge on any atom is -0.545 e. The van der Waals surface area contributed by atoms with E-state index in [4.69, 9.17) is 0 Å². The highest BCUT2D eigenvalue weighted by molar-refractivity contribution is 5.91. The summed E-state index contributed by atoms with van der Waals surface area (Å²) in [6.45, 7) is 0. The van der Waals surface area contributed by atoms with Gasteiger partial charge in [0.05, 0.1) is 17.0 Å². The van der Waals surface area contributed by atoms with Crippen LogP contribution in [0.1, 0.15) is 10.4 Å². The van der Waals surface area contributed by atoms with Crippen molar-refractivity contribution in [2.24, 2.45) is 0 Å². The van der Waals surface area contributed by atoms with Crippen LogP contribution in [0.2, 0.25) is 0 Å². The number of carbonyl (C=O) groups excluding carboxylic acids is 1. The van der Waals surface area contributed by atoms with Crippen LogP contribution >= 0.6 is 0 Å². The first kappa shape index (κ1) is 11.4. The molecule has 0 radical (unpaired) electrons. The Morgan fingerprint density at radius 2 is 1.89 bits per heavy atom. The highest BCUT2D eigenvalue weighted by atomic mass is 19.1. The summed E-state index contributed by atoms with van der Waals surface area (Å²) in [5, 5.41) is 10.9. The minimum atomic E-state index is -1.24. The number of hydrogen-bond acceptors (Lipinski definition) is 3. The SMILES string of the molecule is O=C([O-])c1ccc2ncn(-c3ccc(F)cc3)c2c1. The second-order valence-electron chi connectivity index (χ2n) is 4.08. The van der Waals surface area contributed by atoms with Crippen molar-refractivity contribution in [2.75, 3.05) is 0 Å². The quantitative estimate of drug-likeness (QED) is 0.697. The molecule has 94 valence electrons. The second-order valence-corrected chi connectivity index (χ2v) is 4.08. The molecule has 0 saturated carbocycles. The van der Waals surface area contributed by atoms with Crippen molar-refractivity contribution in [3.63, 3.8) is 0 Å². The maximum Gasteiger partial charge on any atom is 0.123 e. The van der Waals surface area contributed by atoms with Crippen molar-refractivity contribution >= 4 is 17.0 Å². The molecular formula is C14H8FN2O2-. The molecule has 0 bridgehead atoms. The molecule has 3 rings (SSSR count). The van der Waals surface area contributed by atoms with Crippen molar-refractivity contribution in [3.8, 4) is 5.69 Å². The van der Waals surface area contributed by atoms with Gasteiger partial charge in [0.15, 0.2) is 0 Å². The molecule has 0 atom stereocenters. The van der Waals surface area contributed by atoms with Crippen molar-refractivity contribution in [2.45, 2.75) is 0 Å². The van der Waals surface area contributed by atoms with Gasteiger partial charge in [-0.2, -0.15) is 0 Å². The van der Waals surface area contributed by atoms with Crippen LogP contribution in [0.25, 0.3) is 16.7 Å². The molecule has 3 aromatic rings. The van der Waals surface area contributed by atoms with E-state index in [0.29, 0.717) is 16.7 Å². The summed E-state index contributed by atoms with van der Waals surface area (Å²) in [5.74, 6) is -1.57. The fourth-order valence-electron chi connectivity index (χ4n) is 1.94. The van der Waals surface area contributed by atoms with Crippen LogP contribution < -0.4 is 5.11 Å². The van der Waals surface area contributed by atoms with E-state index in [1.165, 1.54) is 24.3 Å². The molecule has 1 aromatic heterocycles. The number of carbonyl (C=O) groups is 1. The first-order chi connectivity index (χ1) is 9.15. The Balaban J connectivity index is 2.21. The smallest absolute Gasteiger partial charge is 0.123 e. The fraction of sp³-hybridized carbons (Fsp3) is 0. The highest BCUT2D eigenvalue weighted by Crippen LogP contribution is 2.19. The largest absolute Gasteiger partial charge is 0.545 e. The van der Waals surface area contributed by atoms with Gasteiger partial charge >= 0.3 is 0 Å². The lowest BCUT2D eigenvalue weighted by Gasteiger charge is -2.06. The zero-order chi connectivity index (χ0) is 13.4. The second kappa shape index (κ2) is 4.20. The molecular weight excluding hydrogens is 247 g/mol. The van der Waals surface area contributed by atoms with Gasteiger partial charge in [-0.05, 0) is 42.0 Å². The molecule has 0 amide bonds. The molecule has 0 unspecified atom stereocenters. The van der Waals surface area contributed by atoms with Crippen molar-refractivity contribution in [1.82, 2.24) is 9.55 Å². The average Bonchev–Trinajstić information content (AvgIpc) is 2.82. The Morgan fingerprint density at radius 1 is 1.16 bits per heavy atom. The van der Waals surface area contributed by atoms with E-state index in [2.05, 4.69) is 4.98 Å². The minimum absolute atomic E-state index is 0.0800. The number of halogens is 1. The molecule has 19 heavy (non-hydrogen) atoms. The van der Waals surface area contributed by atoms with Gasteiger partial charge in [0.2, 0.25) is 0 Å². The number of benzene rings is 2. The number of carboxylic acid groups (broad SMARTS) is 1. The Kier molecular flexibility index (Phi) is 2.52. The van der Waals surface area contributed by atoms with Crippen molar-refractivity contribution in [1.29, 1.82) is 0 Å². The molecule has 4 nitrogen and oxygen atoms in total. The number of aromatic nitrogens is 2. The molecule has 0 aliphatic rings. The van der Waals surface area contributed by atoms with Crippen LogP contribution in [0.3, 0.4) is 0 Å². The van der Waals surface area contributed by atoms with Crippen LogP contribution in [0.15, 0.2) is 48.8 Å². The first-order valence-electron chi connectivity index (χ1n) is 5.59. The molecule has 5 heteroatoms. The predicted octanol–water partition coefficient (Wildman–Crippen LogP) is 1.53. The van der Waals surface area contributed by atoms with Crippen LogP contribution in [0.4, 0.5) is 4.39 Å². The molecule has 0 fully saturated rings. The Morgan fingerprint density at radius 3 is 2.58 bits per heavy atom. The highest BCUT2D eigenvalue weighted by Gasteiger charge is 2.06. The molecule has 2 aromatic carbocycles. The van der Waals surface area contributed by atoms with E-state index in [0.717, 1.165) is 0 Å². The Hall–Kier alpha value is -2.69. The first-order valence-corrected chi connectivity index (χ1v) is 5.59. The normalized spacial score (nSPS) is 10.8. The summed E-state index contributed by atoms with van der Waals surface area (Å²) in [6.07, 6.45) is 1.57. The number of imidazole rings is 1. The van der Waals surface area contributed by atoms with Gasteiger partial charge in [0.1, 0.15) is 12.1 Å². The third-order valence-corrected chi connectivity index (χ3v) is 2.89. The number of hydrogen-bond donors (Lipinski definition) is 0. The van der Waals surface area contributed by atoms with Crippen LogP contribution in [0, 0.1) is 5.82 Å². The zero-order valence-corrected chi connectivity index (χ0v) is 9.71. The van der Waals surface area contributed by atoms with Crippen LogP contribution in [-0.4, -0.2) is 15.5 Å². The van der Waals surface area contributed by atoms with E-state index < -0.39 is 5.97 Å². The Bertz CT molecular complexity index is 763. The van der Waals surface area contributed by atoms with Gasteiger partial charge in [-0.15, -0.1) is 0 Å². The number of rotatable bonds is 2. The van der Waals surface area contributed by atoms with E-state index in [9.17, 15) is 14.3 Å². The van der Waals surface area contributed by atoms with Gasteiger partial charge in [0.25, 0.3) is 0 Å². The summed E-state index contributed by atoms with van der Waals surface area (Å²) >= 11 is 0. The van der Waals surface area contributed by atoms with Gasteiger partial charge in [0, 0.05) is 5.69 Å². The number of carboxylic acids is 1. The zero-order valence-electron chi connectivity index (χ0n) is 9.71. The van der Waals surface area contributed by atoms with E-state index >= 15 is 0 Å². The molecule has 0 N–H and O–H groups in total. The summed E-state index contributed by atoms with van der Waals surface area (Å²) in [6, 6.07) is 10.4. The molecule has 0 aliphatic heterocycles. The maximum atomic E-state index is 12.9. The van der Waals surface area contributed by atoms with Crippen LogP contribution in [0.5, 0.6) is 0 Å². The third-order valence-electron chi connectivity index (χ3n) is 2.89. The van der Waals surface area contributed by atoms with Gasteiger partial charge in [-0.1, -0.05) is 6.07 Å². The predicted molar refractivity (Wildman–Crippen MR) is 65.4 cm³/mol. The topological polar surface area (TPSA) is 57.9 Å². The average molecular weight is 255 g/mol. The maximum absolute atomic E-state index is 12.9.